The second kappa shape index (κ2) is 7.32. The lowest BCUT2D eigenvalue weighted by atomic mass is 10.1. The molecule has 0 saturated heterocycles. The Morgan fingerprint density at radius 1 is 1.15 bits per heavy atom. The average Bonchev–Trinajstić information content (AvgIpc) is 3.14. The van der Waals surface area contributed by atoms with E-state index in [1.165, 1.54) is 11.0 Å². The van der Waals surface area contributed by atoms with Crippen LogP contribution in [-0.2, 0) is 11.3 Å². The number of fused-ring (bicyclic) bond motifs is 1. The minimum Gasteiger partial charge on any atom is -0.465 e. The van der Waals surface area contributed by atoms with E-state index in [0.29, 0.717) is 11.5 Å². The number of hydrogen-bond donors (Lipinski definition) is 0. The predicted molar refractivity (Wildman–Crippen MR) is 92.8 cm³/mol. The number of ether oxygens (including phenoxy) is 3. The van der Waals surface area contributed by atoms with Crippen molar-refractivity contribution < 1.29 is 28.7 Å². The Hall–Kier alpha value is -3.62. The van der Waals surface area contributed by atoms with Crippen LogP contribution in [0.4, 0.5) is 5.69 Å². The van der Waals surface area contributed by atoms with Gasteiger partial charge in [-0.1, -0.05) is 6.07 Å². The van der Waals surface area contributed by atoms with Gasteiger partial charge in [0.2, 0.25) is 6.79 Å². The lowest BCUT2D eigenvalue weighted by molar-refractivity contribution is -0.384. The first kappa shape index (κ1) is 18.2. The van der Waals surface area contributed by atoms with Gasteiger partial charge in [0.1, 0.15) is 0 Å². The van der Waals surface area contributed by atoms with Gasteiger partial charge in [0.25, 0.3) is 11.6 Å². The predicted octanol–water partition coefficient (Wildman–Crippen LogP) is 2.38. The summed E-state index contributed by atoms with van der Waals surface area (Å²) in [5.41, 5.74) is 0.394. The van der Waals surface area contributed by atoms with Gasteiger partial charge in [0.05, 0.1) is 17.6 Å². The van der Waals surface area contributed by atoms with E-state index < -0.39 is 16.8 Å². The number of non-ortho nitro benzene ring substituents is 1. The molecule has 0 bridgehead atoms. The normalized spacial score (nSPS) is 11.8. The third-order valence-corrected chi connectivity index (χ3v) is 4.00. The third-order valence-electron chi connectivity index (χ3n) is 4.00. The number of methoxy groups -OCH3 is 1. The second-order valence-corrected chi connectivity index (χ2v) is 5.87. The van der Waals surface area contributed by atoms with Crippen molar-refractivity contribution >= 4 is 17.6 Å². The van der Waals surface area contributed by atoms with Crippen LogP contribution >= 0.6 is 0 Å². The highest BCUT2D eigenvalue weighted by Gasteiger charge is 2.21. The number of benzene rings is 2. The molecule has 1 aliphatic heterocycles. The number of amides is 1. The molecule has 27 heavy (non-hydrogen) atoms. The van der Waals surface area contributed by atoms with E-state index in [9.17, 15) is 19.7 Å². The molecule has 3 rings (SSSR count). The zero-order valence-corrected chi connectivity index (χ0v) is 14.6. The monoisotopic (exact) mass is 372 g/mol. The summed E-state index contributed by atoms with van der Waals surface area (Å²) in [6.07, 6.45) is 0. The fourth-order valence-corrected chi connectivity index (χ4v) is 2.68. The molecule has 0 aliphatic carbocycles. The minimum absolute atomic E-state index is 0.0212. The number of nitrogens with zero attached hydrogens (tertiary/aromatic N) is 2. The quantitative estimate of drug-likeness (QED) is 0.450. The Bertz CT molecular complexity index is 926. The number of carbonyl (C=O) groups excluding carboxylic acids is 2. The molecule has 2 aromatic rings. The summed E-state index contributed by atoms with van der Waals surface area (Å²) in [7, 11) is 2.72. The first-order valence-electron chi connectivity index (χ1n) is 7.91. The lowest BCUT2D eigenvalue weighted by Gasteiger charge is -2.18. The van der Waals surface area contributed by atoms with Gasteiger partial charge in [0.15, 0.2) is 11.5 Å². The summed E-state index contributed by atoms with van der Waals surface area (Å²) in [4.78, 5) is 36.3. The molecular formula is C18H16N2O7. The van der Waals surface area contributed by atoms with Gasteiger partial charge in [-0.2, -0.15) is 0 Å². The van der Waals surface area contributed by atoms with Crippen LogP contribution in [0, 0.1) is 10.1 Å². The SMILES string of the molecule is COC(=O)c1cc(C(=O)N(C)Cc2ccc3c(c2)OCO3)cc([N+](=O)[O-])c1. The summed E-state index contributed by atoms with van der Waals surface area (Å²) < 4.78 is 15.1. The maximum atomic E-state index is 12.7. The van der Waals surface area contributed by atoms with E-state index in [0.717, 1.165) is 24.8 Å². The molecular weight excluding hydrogens is 356 g/mol. The van der Waals surface area contributed by atoms with Crippen molar-refractivity contribution in [2.75, 3.05) is 21.0 Å². The van der Waals surface area contributed by atoms with Gasteiger partial charge in [-0.05, 0) is 23.8 Å². The fourth-order valence-electron chi connectivity index (χ4n) is 2.68. The molecule has 0 radical (unpaired) electrons. The standard InChI is InChI=1S/C18H16N2O7/c1-19(9-11-3-4-15-16(5-11)27-10-26-15)17(21)12-6-13(18(22)25-2)8-14(7-12)20(23)24/h3-8H,9-10H2,1-2H3. The number of carbonyl (C=O) groups is 2. The van der Waals surface area contributed by atoms with E-state index in [-0.39, 0.29) is 30.2 Å². The number of nitro benzene ring substituents is 1. The molecule has 0 saturated carbocycles. The van der Waals surface area contributed by atoms with Crippen LogP contribution < -0.4 is 9.47 Å². The smallest absolute Gasteiger partial charge is 0.338 e. The van der Waals surface area contributed by atoms with Crippen molar-refractivity contribution in [1.82, 2.24) is 4.90 Å². The summed E-state index contributed by atoms with van der Waals surface area (Å²) >= 11 is 0. The number of hydrogen-bond acceptors (Lipinski definition) is 7. The first-order chi connectivity index (χ1) is 12.9. The van der Waals surface area contributed by atoms with Crippen LogP contribution in [-0.4, -0.2) is 42.7 Å². The summed E-state index contributed by atoms with van der Waals surface area (Å²) in [5.74, 6) is -0.00139. The van der Waals surface area contributed by atoms with Crippen LogP contribution in [0.25, 0.3) is 0 Å². The highest BCUT2D eigenvalue weighted by atomic mass is 16.7. The van der Waals surface area contributed by atoms with Crippen molar-refractivity contribution in [2.45, 2.75) is 6.54 Å². The van der Waals surface area contributed by atoms with Gasteiger partial charge in [-0.25, -0.2) is 4.79 Å². The largest absolute Gasteiger partial charge is 0.465 e. The minimum atomic E-state index is -0.758. The Morgan fingerprint density at radius 3 is 2.56 bits per heavy atom. The third kappa shape index (κ3) is 3.81. The molecule has 0 N–H and O–H groups in total. The van der Waals surface area contributed by atoms with Crippen molar-refractivity contribution in [1.29, 1.82) is 0 Å². The van der Waals surface area contributed by atoms with Gasteiger partial charge >= 0.3 is 5.97 Å². The summed E-state index contributed by atoms with van der Waals surface area (Å²) in [5, 5.41) is 11.1. The van der Waals surface area contributed by atoms with Crippen LogP contribution in [0.5, 0.6) is 11.5 Å². The Labute approximate surface area is 154 Å². The summed E-state index contributed by atoms with van der Waals surface area (Å²) in [6.45, 7) is 0.392. The summed E-state index contributed by atoms with van der Waals surface area (Å²) in [6, 6.07) is 8.78. The molecule has 0 fully saturated rings. The van der Waals surface area contributed by atoms with E-state index in [2.05, 4.69) is 4.74 Å². The van der Waals surface area contributed by atoms with Crippen molar-refractivity contribution in [2.24, 2.45) is 0 Å². The van der Waals surface area contributed by atoms with Crippen LogP contribution in [0.1, 0.15) is 26.3 Å². The Balaban J connectivity index is 1.84. The second-order valence-electron chi connectivity index (χ2n) is 5.87. The van der Waals surface area contributed by atoms with Crippen LogP contribution in [0.15, 0.2) is 36.4 Å². The molecule has 0 unspecified atom stereocenters. The zero-order valence-electron chi connectivity index (χ0n) is 14.6. The molecule has 9 heteroatoms. The lowest BCUT2D eigenvalue weighted by Crippen LogP contribution is -2.26. The molecule has 0 atom stereocenters. The Kier molecular flexibility index (Phi) is 4.93. The highest BCUT2D eigenvalue weighted by molar-refractivity contribution is 5.98. The molecule has 9 nitrogen and oxygen atoms in total. The fraction of sp³-hybridized carbons (Fsp3) is 0.222. The number of esters is 1. The molecule has 1 aliphatic rings. The van der Waals surface area contributed by atoms with E-state index in [4.69, 9.17) is 9.47 Å². The van der Waals surface area contributed by atoms with Gasteiger partial charge in [-0.3, -0.25) is 14.9 Å². The van der Waals surface area contributed by atoms with Crippen LogP contribution in [0.2, 0.25) is 0 Å². The topological polar surface area (TPSA) is 108 Å². The molecule has 1 heterocycles. The molecule has 140 valence electrons. The van der Waals surface area contributed by atoms with E-state index >= 15 is 0 Å². The highest BCUT2D eigenvalue weighted by Crippen LogP contribution is 2.32. The maximum absolute atomic E-state index is 12.7. The molecule has 0 aromatic heterocycles. The zero-order chi connectivity index (χ0) is 19.6. The number of nitro groups is 1. The van der Waals surface area contributed by atoms with E-state index in [1.807, 2.05) is 0 Å². The number of rotatable bonds is 5. The Morgan fingerprint density at radius 2 is 1.85 bits per heavy atom. The van der Waals surface area contributed by atoms with Crippen molar-refractivity contribution in [3.63, 3.8) is 0 Å². The molecule has 1 amide bonds. The first-order valence-corrected chi connectivity index (χ1v) is 7.91. The van der Waals surface area contributed by atoms with Crippen LogP contribution in [0.3, 0.4) is 0 Å². The van der Waals surface area contributed by atoms with E-state index in [1.54, 1.807) is 25.2 Å². The van der Waals surface area contributed by atoms with Crippen molar-refractivity contribution in [3.8, 4) is 11.5 Å². The van der Waals surface area contributed by atoms with Crippen molar-refractivity contribution in [3.05, 3.63) is 63.2 Å². The van der Waals surface area contributed by atoms with Gasteiger partial charge < -0.3 is 19.1 Å². The molecule has 0 spiro atoms. The maximum Gasteiger partial charge on any atom is 0.338 e. The average molecular weight is 372 g/mol. The molecule has 2 aromatic carbocycles. The van der Waals surface area contributed by atoms with Gasteiger partial charge in [0, 0.05) is 31.3 Å². The van der Waals surface area contributed by atoms with Gasteiger partial charge in [-0.15, -0.1) is 0 Å².